The molecule has 0 aromatic rings. The summed E-state index contributed by atoms with van der Waals surface area (Å²) in [7, 11) is 2.07. The second-order valence-electron chi connectivity index (χ2n) is 6.32. The van der Waals surface area contributed by atoms with E-state index in [1.54, 1.807) is 0 Å². The van der Waals surface area contributed by atoms with Crippen LogP contribution in [-0.4, -0.2) is 11.9 Å². The summed E-state index contributed by atoms with van der Waals surface area (Å²) >= 11 is 0. The van der Waals surface area contributed by atoms with Crippen LogP contribution < -0.4 is 0 Å². The van der Waals surface area contributed by atoms with E-state index in [1.807, 2.05) is 67.5 Å². The summed E-state index contributed by atoms with van der Waals surface area (Å²) in [6.07, 6.45) is 23.9. The molecule has 1 nitrogen and oxygen atoms in total. The number of allylic oxidation sites excluding steroid dienone is 13. The minimum Gasteiger partial charge on any atom is -0.349 e. The molecule has 0 fully saturated rings. The van der Waals surface area contributed by atoms with E-state index >= 15 is 0 Å². The standard InChI is InChI=1S/C13H21N.C11H18.C4H8.3C2H6/c1-6-9-11-12(4)14(5)13(8-3)10-7-2;1-5-8-9-11(7-3)10(4)6-2;1-3-4-2;3*1-2/h6-11H,1-5H3;7-9H,4-6H2,1-3H3;3H,1,4H2,2H3;3*1-2H3/b9-6-,10-7-,12-11+,13-8+;9-8-,11-7+;;;;. The average molecular weight is 488 g/mol. The number of nitrogens with zero attached hydrogens (tertiary/aromatic N) is 1. The molecule has 0 unspecified atom stereocenters. The zero-order chi connectivity index (χ0) is 29.1. The third-order valence-corrected chi connectivity index (χ3v) is 4.05. The first-order valence-electron chi connectivity index (χ1n) is 13.8. The minimum absolute atomic E-state index is 1.04. The molecule has 0 radical (unpaired) electrons. The van der Waals surface area contributed by atoms with Gasteiger partial charge in [0.2, 0.25) is 0 Å². The van der Waals surface area contributed by atoms with Crippen LogP contribution in [0.15, 0.2) is 96.5 Å². The van der Waals surface area contributed by atoms with Gasteiger partial charge in [0, 0.05) is 18.4 Å². The van der Waals surface area contributed by atoms with Crippen LogP contribution >= 0.6 is 0 Å². The molecule has 0 atom stereocenters. The van der Waals surface area contributed by atoms with E-state index in [1.165, 1.54) is 22.5 Å². The summed E-state index contributed by atoms with van der Waals surface area (Å²) < 4.78 is 0. The highest BCUT2D eigenvalue weighted by Crippen LogP contribution is 2.13. The van der Waals surface area contributed by atoms with E-state index in [0.29, 0.717) is 0 Å². The maximum Gasteiger partial charge on any atom is 0.0358 e. The molecule has 0 N–H and O–H groups in total. The molecular weight excluding hydrogens is 422 g/mol. The summed E-state index contributed by atoms with van der Waals surface area (Å²) in [5.74, 6) is 0. The zero-order valence-corrected chi connectivity index (χ0v) is 26.8. The van der Waals surface area contributed by atoms with Crippen LogP contribution in [0.1, 0.15) is 116 Å². The monoisotopic (exact) mass is 488 g/mol. The van der Waals surface area contributed by atoms with Gasteiger partial charge in [-0.1, -0.05) is 118 Å². The van der Waals surface area contributed by atoms with Gasteiger partial charge in [-0.15, -0.1) is 6.58 Å². The summed E-state index contributed by atoms with van der Waals surface area (Å²) in [6, 6.07) is 0. The van der Waals surface area contributed by atoms with E-state index in [-0.39, 0.29) is 0 Å². The molecule has 35 heavy (non-hydrogen) atoms. The molecule has 0 aliphatic carbocycles. The van der Waals surface area contributed by atoms with Crippen molar-refractivity contribution in [1.82, 2.24) is 4.90 Å². The molecule has 0 bridgehead atoms. The molecule has 0 aliphatic rings. The van der Waals surface area contributed by atoms with Crippen molar-refractivity contribution >= 4 is 0 Å². The molecule has 0 aliphatic heterocycles. The van der Waals surface area contributed by atoms with Crippen LogP contribution in [0, 0.1) is 0 Å². The molecule has 0 saturated carbocycles. The Bertz CT molecular complexity index is 592. The van der Waals surface area contributed by atoms with Gasteiger partial charge in [-0.25, -0.2) is 0 Å². The normalized spacial score (nSPS) is 10.9. The fourth-order valence-electron chi connectivity index (χ4n) is 1.99. The lowest BCUT2D eigenvalue weighted by atomic mass is 10.0. The van der Waals surface area contributed by atoms with Crippen molar-refractivity contribution in [2.45, 2.75) is 116 Å². The maximum absolute atomic E-state index is 3.98. The van der Waals surface area contributed by atoms with Gasteiger partial charge < -0.3 is 4.90 Å². The van der Waals surface area contributed by atoms with Gasteiger partial charge in [-0.2, -0.15) is 0 Å². The van der Waals surface area contributed by atoms with Crippen LogP contribution in [0.3, 0.4) is 0 Å². The highest BCUT2D eigenvalue weighted by Gasteiger charge is 2.00. The molecular formula is C34H65N. The predicted octanol–water partition coefficient (Wildman–Crippen LogP) is 12.4. The largest absolute Gasteiger partial charge is 0.349 e. The zero-order valence-electron chi connectivity index (χ0n) is 26.8. The summed E-state index contributed by atoms with van der Waals surface area (Å²) in [6.45, 7) is 36.0. The van der Waals surface area contributed by atoms with E-state index in [9.17, 15) is 0 Å². The fraction of sp³-hybridized carbons (Fsp3) is 0.529. The number of hydrogen-bond donors (Lipinski definition) is 0. The van der Waals surface area contributed by atoms with E-state index < -0.39 is 0 Å². The molecule has 206 valence electrons. The second kappa shape index (κ2) is 45.3. The van der Waals surface area contributed by atoms with Crippen molar-refractivity contribution in [3.63, 3.8) is 0 Å². The SMILES string of the molecule is C/C=C\C=C(/C)N(C)C(/C=C\C)=C/C.C=C(CC)C(/C=C\CC)=C/C.C=CCC.CC.CC.CC. The Balaban J connectivity index is -0.0000000887. The summed E-state index contributed by atoms with van der Waals surface area (Å²) in [4.78, 5) is 2.17. The van der Waals surface area contributed by atoms with Gasteiger partial charge in [0.15, 0.2) is 0 Å². The number of rotatable bonds is 9. The fourth-order valence-corrected chi connectivity index (χ4v) is 1.99. The van der Waals surface area contributed by atoms with Crippen LogP contribution in [0.2, 0.25) is 0 Å². The minimum atomic E-state index is 1.04. The van der Waals surface area contributed by atoms with Crippen LogP contribution in [0.4, 0.5) is 0 Å². The molecule has 0 amide bonds. The van der Waals surface area contributed by atoms with E-state index in [0.717, 1.165) is 19.3 Å². The Labute approximate surface area is 224 Å². The van der Waals surface area contributed by atoms with Gasteiger partial charge in [0.25, 0.3) is 0 Å². The maximum atomic E-state index is 3.98. The Kier molecular flexibility index (Phi) is 59.6. The molecule has 0 rings (SSSR count). The van der Waals surface area contributed by atoms with Crippen LogP contribution in [-0.2, 0) is 0 Å². The van der Waals surface area contributed by atoms with Crippen molar-refractivity contribution < 1.29 is 0 Å². The lowest BCUT2D eigenvalue weighted by Crippen LogP contribution is -2.13. The lowest BCUT2D eigenvalue weighted by molar-refractivity contribution is 0.536. The summed E-state index contributed by atoms with van der Waals surface area (Å²) in [5.41, 5.74) is 4.94. The van der Waals surface area contributed by atoms with Gasteiger partial charge in [-0.05, 0) is 77.2 Å². The van der Waals surface area contributed by atoms with E-state index in [4.69, 9.17) is 0 Å². The smallest absolute Gasteiger partial charge is 0.0358 e. The van der Waals surface area contributed by atoms with E-state index in [2.05, 4.69) is 115 Å². The Hall–Kier alpha value is -2.28. The van der Waals surface area contributed by atoms with Crippen molar-refractivity contribution in [3.8, 4) is 0 Å². The average Bonchev–Trinajstić information content (AvgIpc) is 2.93. The molecule has 0 aromatic heterocycles. The van der Waals surface area contributed by atoms with Crippen molar-refractivity contribution in [1.29, 1.82) is 0 Å². The first-order valence-corrected chi connectivity index (χ1v) is 13.8. The second-order valence-corrected chi connectivity index (χ2v) is 6.32. The predicted molar refractivity (Wildman–Crippen MR) is 172 cm³/mol. The van der Waals surface area contributed by atoms with Crippen molar-refractivity contribution in [2.24, 2.45) is 0 Å². The van der Waals surface area contributed by atoms with Crippen LogP contribution in [0.5, 0.6) is 0 Å². The molecule has 0 spiro atoms. The van der Waals surface area contributed by atoms with Crippen molar-refractivity contribution in [3.05, 3.63) is 96.5 Å². The number of hydrogen-bond acceptors (Lipinski definition) is 1. The Morgan fingerprint density at radius 1 is 0.771 bits per heavy atom. The topological polar surface area (TPSA) is 3.24 Å². The Morgan fingerprint density at radius 3 is 1.54 bits per heavy atom. The van der Waals surface area contributed by atoms with Gasteiger partial charge in [0.05, 0.1) is 0 Å². The lowest BCUT2D eigenvalue weighted by Gasteiger charge is -2.20. The first kappa shape index (κ1) is 46.1. The quantitative estimate of drug-likeness (QED) is 0.231. The van der Waals surface area contributed by atoms with Crippen LogP contribution in [0.25, 0.3) is 0 Å². The Morgan fingerprint density at radius 2 is 1.26 bits per heavy atom. The third-order valence-electron chi connectivity index (χ3n) is 4.05. The molecule has 0 saturated heterocycles. The van der Waals surface area contributed by atoms with Gasteiger partial charge in [-0.3, -0.25) is 0 Å². The number of likely N-dealkylation sites (N-methyl/N-ethyl adjacent to an activating group) is 1. The molecule has 0 aromatic carbocycles. The highest BCUT2D eigenvalue weighted by atomic mass is 15.1. The summed E-state index contributed by atoms with van der Waals surface area (Å²) in [5, 5.41) is 0. The molecule has 0 heterocycles. The van der Waals surface area contributed by atoms with Gasteiger partial charge >= 0.3 is 0 Å². The van der Waals surface area contributed by atoms with Crippen molar-refractivity contribution in [2.75, 3.05) is 7.05 Å². The highest BCUT2D eigenvalue weighted by molar-refractivity contribution is 5.37. The first-order chi connectivity index (χ1) is 16.8. The third kappa shape index (κ3) is 36.5. The molecule has 1 heteroatoms. The van der Waals surface area contributed by atoms with Gasteiger partial charge in [0.1, 0.15) is 0 Å².